The first-order chi connectivity index (χ1) is 7.69. The molecule has 3 nitrogen and oxygen atoms in total. The van der Waals surface area contributed by atoms with Gasteiger partial charge >= 0.3 is 0 Å². The molecule has 0 fully saturated rings. The number of hydrogen-bond donors (Lipinski definition) is 2. The van der Waals surface area contributed by atoms with Crippen LogP contribution in [0.25, 0.3) is 0 Å². The number of aliphatic hydroxyl groups is 1. The monoisotopic (exact) mass is 243 g/mol. The second kappa shape index (κ2) is 6.89. The number of methoxy groups -OCH3 is 1. The molecule has 0 aliphatic carbocycles. The second-order valence-corrected chi connectivity index (χ2v) is 5.16. The Bertz CT molecular complexity index is 299. The van der Waals surface area contributed by atoms with Gasteiger partial charge in [0.2, 0.25) is 0 Å². The van der Waals surface area contributed by atoms with Gasteiger partial charge in [-0.1, -0.05) is 13.8 Å². The zero-order valence-electron chi connectivity index (χ0n) is 10.2. The first-order valence-electron chi connectivity index (χ1n) is 5.63. The molecule has 16 heavy (non-hydrogen) atoms. The van der Waals surface area contributed by atoms with Crippen molar-refractivity contribution in [2.75, 3.05) is 13.7 Å². The van der Waals surface area contributed by atoms with Crippen LogP contribution in [-0.2, 0) is 6.54 Å². The van der Waals surface area contributed by atoms with Crippen molar-refractivity contribution >= 4 is 11.3 Å². The minimum Gasteiger partial charge on any atom is -0.496 e. The minimum atomic E-state index is 0.234. The van der Waals surface area contributed by atoms with Gasteiger partial charge in [0.25, 0.3) is 0 Å². The summed E-state index contributed by atoms with van der Waals surface area (Å²) < 4.78 is 5.26. The predicted octanol–water partition coefficient (Wildman–Crippen LogP) is 2.25. The molecule has 0 aromatic carbocycles. The van der Waals surface area contributed by atoms with Gasteiger partial charge < -0.3 is 15.2 Å². The molecule has 0 aliphatic rings. The third kappa shape index (κ3) is 3.77. The SMILES string of the molecule is COc1ccsc1CNC(CCO)C(C)C. The van der Waals surface area contributed by atoms with Gasteiger partial charge in [0, 0.05) is 19.2 Å². The van der Waals surface area contributed by atoms with E-state index in [2.05, 4.69) is 19.2 Å². The Morgan fingerprint density at radius 3 is 2.81 bits per heavy atom. The first-order valence-corrected chi connectivity index (χ1v) is 6.51. The molecule has 1 heterocycles. The smallest absolute Gasteiger partial charge is 0.134 e. The van der Waals surface area contributed by atoms with Gasteiger partial charge in [0.05, 0.1) is 12.0 Å². The molecule has 0 aliphatic heterocycles. The fourth-order valence-corrected chi connectivity index (χ4v) is 2.46. The van der Waals surface area contributed by atoms with Crippen molar-refractivity contribution in [2.45, 2.75) is 32.9 Å². The number of nitrogens with one attached hydrogen (secondary N) is 1. The van der Waals surface area contributed by atoms with Crippen molar-refractivity contribution in [1.29, 1.82) is 0 Å². The van der Waals surface area contributed by atoms with E-state index < -0.39 is 0 Å². The van der Waals surface area contributed by atoms with Crippen LogP contribution in [0.2, 0.25) is 0 Å². The maximum atomic E-state index is 8.98. The maximum absolute atomic E-state index is 8.98. The largest absolute Gasteiger partial charge is 0.496 e. The molecular formula is C12H21NO2S. The number of aliphatic hydroxyl groups excluding tert-OH is 1. The van der Waals surface area contributed by atoms with Crippen LogP contribution >= 0.6 is 11.3 Å². The zero-order chi connectivity index (χ0) is 12.0. The summed E-state index contributed by atoms with van der Waals surface area (Å²) in [4.78, 5) is 1.21. The number of hydrogen-bond acceptors (Lipinski definition) is 4. The van der Waals surface area contributed by atoms with Gasteiger partial charge in [-0.2, -0.15) is 0 Å². The maximum Gasteiger partial charge on any atom is 0.134 e. The minimum absolute atomic E-state index is 0.234. The van der Waals surface area contributed by atoms with Gasteiger partial charge in [-0.05, 0) is 23.8 Å². The van der Waals surface area contributed by atoms with Gasteiger partial charge in [0.15, 0.2) is 0 Å². The average molecular weight is 243 g/mol. The molecule has 1 atom stereocenters. The van der Waals surface area contributed by atoms with Crippen molar-refractivity contribution in [3.63, 3.8) is 0 Å². The lowest BCUT2D eigenvalue weighted by atomic mass is 10.0. The zero-order valence-corrected chi connectivity index (χ0v) is 11.0. The summed E-state index contributed by atoms with van der Waals surface area (Å²) >= 11 is 1.70. The molecule has 1 rings (SSSR count). The molecule has 1 aromatic heterocycles. The standard InChI is InChI=1S/C12H21NO2S/c1-9(2)10(4-6-14)13-8-12-11(15-3)5-7-16-12/h5,7,9-10,13-14H,4,6,8H2,1-3H3. The van der Waals surface area contributed by atoms with Gasteiger partial charge in [-0.3, -0.25) is 0 Å². The van der Waals surface area contributed by atoms with E-state index in [9.17, 15) is 0 Å². The Morgan fingerprint density at radius 1 is 1.50 bits per heavy atom. The number of thiophene rings is 1. The van der Waals surface area contributed by atoms with E-state index in [4.69, 9.17) is 9.84 Å². The summed E-state index contributed by atoms with van der Waals surface area (Å²) in [7, 11) is 1.69. The van der Waals surface area contributed by atoms with Crippen LogP contribution in [0.1, 0.15) is 25.1 Å². The quantitative estimate of drug-likeness (QED) is 0.772. The first kappa shape index (κ1) is 13.5. The summed E-state index contributed by atoms with van der Waals surface area (Å²) in [5.41, 5.74) is 0. The number of ether oxygens (including phenoxy) is 1. The molecular weight excluding hydrogens is 222 g/mol. The highest BCUT2D eigenvalue weighted by molar-refractivity contribution is 7.10. The highest BCUT2D eigenvalue weighted by atomic mass is 32.1. The Kier molecular flexibility index (Phi) is 5.80. The van der Waals surface area contributed by atoms with Gasteiger partial charge in [-0.25, -0.2) is 0 Å². The average Bonchev–Trinajstić information content (AvgIpc) is 2.71. The third-order valence-corrected chi connectivity index (χ3v) is 3.60. The summed E-state index contributed by atoms with van der Waals surface area (Å²) in [5.74, 6) is 1.47. The topological polar surface area (TPSA) is 41.5 Å². The van der Waals surface area contributed by atoms with Crippen molar-refractivity contribution in [2.24, 2.45) is 5.92 Å². The molecule has 0 saturated heterocycles. The van der Waals surface area contributed by atoms with Crippen molar-refractivity contribution < 1.29 is 9.84 Å². The van der Waals surface area contributed by atoms with Crippen LogP contribution in [0.3, 0.4) is 0 Å². The fraction of sp³-hybridized carbons (Fsp3) is 0.667. The molecule has 1 aromatic rings. The third-order valence-electron chi connectivity index (χ3n) is 2.69. The lowest BCUT2D eigenvalue weighted by Crippen LogP contribution is -2.34. The Balaban J connectivity index is 2.48. The van der Waals surface area contributed by atoms with Crippen molar-refractivity contribution in [1.82, 2.24) is 5.32 Å². The van der Waals surface area contributed by atoms with Crippen LogP contribution in [0.4, 0.5) is 0 Å². The summed E-state index contributed by atoms with van der Waals surface area (Å²) in [6, 6.07) is 2.34. The van der Waals surface area contributed by atoms with Gasteiger partial charge in [0.1, 0.15) is 5.75 Å². The normalized spacial score (nSPS) is 13.1. The molecule has 0 bridgehead atoms. The van der Waals surface area contributed by atoms with E-state index in [-0.39, 0.29) is 6.61 Å². The van der Waals surface area contributed by atoms with E-state index in [1.807, 2.05) is 11.4 Å². The van der Waals surface area contributed by atoms with E-state index in [0.717, 1.165) is 18.7 Å². The van der Waals surface area contributed by atoms with Crippen LogP contribution in [0.15, 0.2) is 11.4 Å². The van der Waals surface area contributed by atoms with Crippen LogP contribution in [-0.4, -0.2) is 24.9 Å². The summed E-state index contributed by atoms with van der Waals surface area (Å²) in [6.45, 7) is 5.37. The van der Waals surface area contributed by atoms with Crippen molar-refractivity contribution in [3.8, 4) is 5.75 Å². The molecule has 0 spiro atoms. The van der Waals surface area contributed by atoms with E-state index in [1.165, 1.54) is 4.88 Å². The predicted molar refractivity (Wildman–Crippen MR) is 68.0 cm³/mol. The highest BCUT2D eigenvalue weighted by Crippen LogP contribution is 2.24. The molecule has 1 unspecified atom stereocenters. The molecule has 4 heteroatoms. The second-order valence-electron chi connectivity index (χ2n) is 4.16. The highest BCUT2D eigenvalue weighted by Gasteiger charge is 2.13. The van der Waals surface area contributed by atoms with E-state index in [0.29, 0.717) is 12.0 Å². The molecule has 0 radical (unpaired) electrons. The van der Waals surface area contributed by atoms with E-state index >= 15 is 0 Å². The Labute approximate surface area is 101 Å². The lowest BCUT2D eigenvalue weighted by Gasteiger charge is -2.21. The molecule has 0 amide bonds. The van der Waals surface area contributed by atoms with Crippen LogP contribution in [0.5, 0.6) is 5.75 Å². The number of rotatable bonds is 7. The van der Waals surface area contributed by atoms with Crippen molar-refractivity contribution in [3.05, 3.63) is 16.3 Å². The Hall–Kier alpha value is -0.580. The molecule has 92 valence electrons. The van der Waals surface area contributed by atoms with Gasteiger partial charge in [-0.15, -0.1) is 11.3 Å². The lowest BCUT2D eigenvalue weighted by molar-refractivity contribution is 0.243. The van der Waals surface area contributed by atoms with Crippen LogP contribution < -0.4 is 10.1 Å². The van der Waals surface area contributed by atoms with E-state index in [1.54, 1.807) is 18.4 Å². The van der Waals surface area contributed by atoms with Crippen LogP contribution in [0, 0.1) is 5.92 Å². The Morgan fingerprint density at radius 2 is 2.25 bits per heavy atom. The summed E-state index contributed by atoms with van der Waals surface area (Å²) in [6.07, 6.45) is 0.797. The molecule has 0 saturated carbocycles. The summed E-state index contributed by atoms with van der Waals surface area (Å²) in [5, 5.41) is 14.5. The fourth-order valence-electron chi connectivity index (χ4n) is 1.67. The molecule has 2 N–H and O–H groups in total.